The molecule has 2 bridgehead atoms. The summed E-state index contributed by atoms with van der Waals surface area (Å²) in [6, 6.07) is 10.2. The van der Waals surface area contributed by atoms with Crippen molar-refractivity contribution in [1.82, 2.24) is 4.90 Å². The van der Waals surface area contributed by atoms with Crippen LogP contribution in [0.4, 0.5) is 0 Å². The number of aryl methyl sites for hydroxylation is 1. The van der Waals surface area contributed by atoms with Crippen molar-refractivity contribution in [2.45, 2.75) is 51.2 Å². The topological polar surface area (TPSA) is 15.6 Å². The van der Waals surface area contributed by atoms with Crippen LogP contribution in [0.5, 0.6) is 0 Å². The predicted molar refractivity (Wildman–Crippen MR) is 76.1 cm³/mol. The molecule has 1 aromatic rings. The molecule has 2 aliphatic rings. The molecular formula is C16H22N2. The van der Waals surface area contributed by atoms with Gasteiger partial charge in [-0.2, -0.15) is 0 Å². The third kappa shape index (κ3) is 2.22. The molecule has 96 valence electrons. The van der Waals surface area contributed by atoms with Crippen molar-refractivity contribution in [3.05, 3.63) is 35.4 Å². The molecule has 0 amide bonds. The summed E-state index contributed by atoms with van der Waals surface area (Å²) >= 11 is 0. The Labute approximate surface area is 110 Å². The molecule has 18 heavy (non-hydrogen) atoms. The van der Waals surface area contributed by atoms with E-state index in [0.29, 0.717) is 6.04 Å². The van der Waals surface area contributed by atoms with Gasteiger partial charge in [-0.05, 0) is 45.2 Å². The zero-order valence-corrected chi connectivity index (χ0v) is 11.4. The summed E-state index contributed by atoms with van der Waals surface area (Å²) in [5.74, 6) is 0. The van der Waals surface area contributed by atoms with E-state index in [9.17, 15) is 0 Å². The van der Waals surface area contributed by atoms with Crippen molar-refractivity contribution >= 4 is 5.71 Å². The summed E-state index contributed by atoms with van der Waals surface area (Å²) in [6.45, 7) is 2.98. The van der Waals surface area contributed by atoms with Crippen molar-refractivity contribution in [1.29, 1.82) is 0 Å². The van der Waals surface area contributed by atoms with Crippen molar-refractivity contribution < 1.29 is 0 Å². The van der Waals surface area contributed by atoms with Gasteiger partial charge in [0.1, 0.15) is 0 Å². The van der Waals surface area contributed by atoms with Gasteiger partial charge in [0.05, 0.1) is 6.54 Å². The smallest absolute Gasteiger partial charge is 0.0639 e. The molecule has 0 aromatic heterocycles. The minimum absolute atomic E-state index is 0.634. The number of aliphatic imine (C=N–C) groups is 1. The Hall–Kier alpha value is -1.15. The highest BCUT2D eigenvalue weighted by Crippen LogP contribution is 2.32. The van der Waals surface area contributed by atoms with Gasteiger partial charge in [-0.1, -0.05) is 29.8 Å². The summed E-state index contributed by atoms with van der Waals surface area (Å²) in [5, 5.41) is 0. The van der Waals surface area contributed by atoms with E-state index in [1.165, 1.54) is 42.5 Å². The van der Waals surface area contributed by atoms with Crippen LogP contribution in [0.15, 0.2) is 29.3 Å². The van der Waals surface area contributed by atoms with Crippen LogP contribution in [-0.2, 0) is 6.54 Å². The molecule has 2 aliphatic heterocycles. The second-order valence-electron chi connectivity index (χ2n) is 5.74. The average Bonchev–Trinajstić information content (AvgIpc) is 2.62. The van der Waals surface area contributed by atoms with Crippen LogP contribution < -0.4 is 0 Å². The molecule has 2 heteroatoms. The molecule has 0 spiro atoms. The second-order valence-corrected chi connectivity index (χ2v) is 5.74. The fourth-order valence-corrected chi connectivity index (χ4v) is 3.31. The maximum absolute atomic E-state index is 4.89. The lowest BCUT2D eigenvalue weighted by Crippen LogP contribution is -2.42. The monoisotopic (exact) mass is 242 g/mol. The SMILES string of the molecule is Cc1ccc(C/N=C2/CC[C@@H]3CC[C@H]2N3C)cc1. The zero-order valence-electron chi connectivity index (χ0n) is 11.4. The molecule has 2 atom stereocenters. The Bertz CT molecular complexity index is 447. The molecule has 1 aromatic carbocycles. The minimum Gasteiger partial charge on any atom is -0.295 e. The molecule has 2 saturated heterocycles. The van der Waals surface area contributed by atoms with Gasteiger partial charge >= 0.3 is 0 Å². The highest BCUT2D eigenvalue weighted by molar-refractivity contribution is 5.90. The molecule has 0 saturated carbocycles. The Balaban J connectivity index is 1.71. The van der Waals surface area contributed by atoms with Crippen LogP contribution in [0.3, 0.4) is 0 Å². The summed E-state index contributed by atoms with van der Waals surface area (Å²) in [4.78, 5) is 7.43. The first kappa shape index (κ1) is 11.9. The van der Waals surface area contributed by atoms with E-state index in [4.69, 9.17) is 4.99 Å². The van der Waals surface area contributed by atoms with Crippen LogP contribution in [0.1, 0.15) is 36.8 Å². The molecule has 2 fully saturated rings. The van der Waals surface area contributed by atoms with Gasteiger partial charge in [-0.15, -0.1) is 0 Å². The van der Waals surface area contributed by atoms with Crippen LogP contribution >= 0.6 is 0 Å². The van der Waals surface area contributed by atoms with Gasteiger partial charge in [0.25, 0.3) is 0 Å². The van der Waals surface area contributed by atoms with E-state index in [0.717, 1.165) is 12.6 Å². The van der Waals surface area contributed by atoms with Crippen molar-refractivity contribution in [3.63, 3.8) is 0 Å². The third-order valence-electron chi connectivity index (χ3n) is 4.54. The molecule has 2 nitrogen and oxygen atoms in total. The zero-order chi connectivity index (χ0) is 12.5. The molecule has 3 rings (SSSR count). The first-order chi connectivity index (χ1) is 8.74. The summed E-state index contributed by atoms with van der Waals surface area (Å²) in [6.07, 6.45) is 5.20. The highest BCUT2D eigenvalue weighted by atomic mass is 15.2. The van der Waals surface area contributed by atoms with Crippen molar-refractivity contribution in [2.24, 2.45) is 4.99 Å². The maximum Gasteiger partial charge on any atom is 0.0639 e. The van der Waals surface area contributed by atoms with E-state index in [1.54, 1.807) is 0 Å². The second kappa shape index (κ2) is 4.85. The standard InChI is InChI=1S/C16H22N2/c1-12-3-5-13(6-4-12)11-17-15-9-7-14-8-10-16(15)18(14)2/h3-6,14,16H,7-11H2,1-2H3/b17-15-/t14-,16-/m1/s1. The van der Waals surface area contributed by atoms with E-state index in [2.05, 4.69) is 43.1 Å². The van der Waals surface area contributed by atoms with E-state index in [1.807, 2.05) is 0 Å². The number of piperidine rings is 1. The minimum atomic E-state index is 0.634. The van der Waals surface area contributed by atoms with E-state index in [-0.39, 0.29) is 0 Å². The summed E-state index contributed by atoms with van der Waals surface area (Å²) in [7, 11) is 2.27. The summed E-state index contributed by atoms with van der Waals surface area (Å²) in [5.41, 5.74) is 4.09. The van der Waals surface area contributed by atoms with Gasteiger partial charge in [-0.25, -0.2) is 0 Å². The van der Waals surface area contributed by atoms with E-state index >= 15 is 0 Å². The quantitative estimate of drug-likeness (QED) is 0.777. The Morgan fingerprint density at radius 2 is 1.94 bits per heavy atom. The van der Waals surface area contributed by atoms with Crippen LogP contribution in [-0.4, -0.2) is 29.7 Å². The fraction of sp³-hybridized carbons (Fsp3) is 0.562. The van der Waals surface area contributed by atoms with Crippen LogP contribution in [0, 0.1) is 6.92 Å². The number of hydrogen-bond acceptors (Lipinski definition) is 2. The first-order valence-electron chi connectivity index (χ1n) is 7.05. The van der Waals surface area contributed by atoms with Gasteiger partial charge in [0.2, 0.25) is 0 Å². The van der Waals surface area contributed by atoms with Crippen molar-refractivity contribution in [3.8, 4) is 0 Å². The fourth-order valence-electron chi connectivity index (χ4n) is 3.31. The van der Waals surface area contributed by atoms with E-state index < -0.39 is 0 Å². The number of nitrogens with zero attached hydrogens (tertiary/aromatic N) is 2. The molecule has 0 aliphatic carbocycles. The molecule has 2 heterocycles. The summed E-state index contributed by atoms with van der Waals surface area (Å²) < 4.78 is 0. The first-order valence-corrected chi connectivity index (χ1v) is 7.05. The van der Waals surface area contributed by atoms with Gasteiger partial charge in [0.15, 0.2) is 0 Å². The Morgan fingerprint density at radius 3 is 2.72 bits per heavy atom. The third-order valence-corrected chi connectivity index (χ3v) is 4.54. The van der Waals surface area contributed by atoms with Gasteiger partial charge < -0.3 is 0 Å². The number of benzene rings is 1. The lowest BCUT2D eigenvalue weighted by atomic mass is 10.0. The number of rotatable bonds is 2. The molecule has 0 N–H and O–H groups in total. The Kier molecular flexibility index (Phi) is 3.21. The van der Waals surface area contributed by atoms with Crippen LogP contribution in [0.25, 0.3) is 0 Å². The van der Waals surface area contributed by atoms with Crippen LogP contribution in [0.2, 0.25) is 0 Å². The molecular weight excluding hydrogens is 220 g/mol. The largest absolute Gasteiger partial charge is 0.295 e. The average molecular weight is 242 g/mol. The number of fused-ring (bicyclic) bond motifs is 2. The molecule has 0 radical (unpaired) electrons. The number of hydrogen-bond donors (Lipinski definition) is 0. The lowest BCUT2D eigenvalue weighted by molar-refractivity contribution is 0.251. The maximum atomic E-state index is 4.89. The predicted octanol–water partition coefficient (Wildman–Crippen LogP) is 3.19. The van der Waals surface area contributed by atoms with Gasteiger partial charge in [-0.3, -0.25) is 9.89 Å². The Morgan fingerprint density at radius 1 is 1.17 bits per heavy atom. The normalized spacial score (nSPS) is 30.0. The highest BCUT2D eigenvalue weighted by Gasteiger charge is 2.37. The van der Waals surface area contributed by atoms with Gasteiger partial charge in [0, 0.05) is 17.8 Å². The molecule has 0 unspecified atom stereocenters. The van der Waals surface area contributed by atoms with Crippen molar-refractivity contribution in [2.75, 3.05) is 7.05 Å². The lowest BCUT2D eigenvalue weighted by Gasteiger charge is -2.32.